The van der Waals surface area contributed by atoms with Crippen LogP contribution >= 0.6 is 11.8 Å². The number of ether oxygens (including phenoxy) is 2. The van der Waals surface area contributed by atoms with Gasteiger partial charge >= 0.3 is 11.9 Å². The van der Waals surface area contributed by atoms with Crippen molar-refractivity contribution in [2.24, 2.45) is 0 Å². The molecular formula is C21H21NO5S. The van der Waals surface area contributed by atoms with E-state index in [1.807, 2.05) is 42.7 Å². The van der Waals surface area contributed by atoms with Gasteiger partial charge in [0.25, 0.3) is 5.91 Å². The molecule has 2 aromatic rings. The quantitative estimate of drug-likeness (QED) is 0.569. The maximum absolute atomic E-state index is 12.7. The Balaban J connectivity index is 1.69. The first-order chi connectivity index (χ1) is 13.5. The number of carbonyl (C=O) groups excluding carboxylic acids is 3. The van der Waals surface area contributed by atoms with Gasteiger partial charge in [0.15, 0.2) is 6.61 Å². The minimum atomic E-state index is -0.730. The Hall–Kier alpha value is -2.80. The van der Waals surface area contributed by atoms with E-state index in [9.17, 15) is 14.4 Å². The maximum atomic E-state index is 12.7. The molecule has 0 spiro atoms. The second kappa shape index (κ2) is 8.93. The molecule has 2 aromatic carbocycles. The summed E-state index contributed by atoms with van der Waals surface area (Å²) in [6, 6.07) is 13.9. The molecule has 1 heterocycles. The van der Waals surface area contributed by atoms with Crippen LogP contribution in [0.2, 0.25) is 0 Å². The molecule has 0 aromatic heterocycles. The number of carbonyl (C=O) groups is 3. The zero-order valence-electron chi connectivity index (χ0n) is 15.7. The normalized spacial score (nSPS) is 15.5. The number of benzene rings is 2. The summed E-state index contributed by atoms with van der Waals surface area (Å²) in [6.07, 6.45) is 2.32. The van der Waals surface area contributed by atoms with Crippen molar-refractivity contribution in [2.75, 3.05) is 20.0 Å². The molecule has 0 radical (unpaired) electrons. The van der Waals surface area contributed by atoms with Crippen LogP contribution in [0.25, 0.3) is 0 Å². The van der Waals surface area contributed by atoms with E-state index in [0.29, 0.717) is 12.0 Å². The van der Waals surface area contributed by atoms with Crippen LogP contribution in [0.4, 0.5) is 0 Å². The largest absolute Gasteiger partial charge is 0.467 e. The van der Waals surface area contributed by atoms with Crippen LogP contribution in [0, 0.1) is 0 Å². The Kier molecular flexibility index (Phi) is 6.36. The van der Waals surface area contributed by atoms with E-state index in [0.717, 1.165) is 16.0 Å². The van der Waals surface area contributed by atoms with Gasteiger partial charge in [-0.25, -0.2) is 9.59 Å². The van der Waals surface area contributed by atoms with Crippen LogP contribution in [0.5, 0.6) is 0 Å². The van der Waals surface area contributed by atoms with Crippen molar-refractivity contribution in [2.45, 2.75) is 23.9 Å². The van der Waals surface area contributed by atoms with Crippen LogP contribution in [0.3, 0.4) is 0 Å². The van der Waals surface area contributed by atoms with Crippen molar-refractivity contribution in [3.05, 3.63) is 65.2 Å². The second-order valence-corrected chi connectivity index (χ2v) is 7.22. The molecule has 1 aliphatic rings. The first-order valence-electron chi connectivity index (χ1n) is 8.78. The zero-order valence-corrected chi connectivity index (χ0v) is 16.5. The Bertz CT molecular complexity index is 881. The van der Waals surface area contributed by atoms with E-state index in [-0.39, 0.29) is 6.54 Å². The van der Waals surface area contributed by atoms with Crippen molar-refractivity contribution in [3.63, 3.8) is 0 Å². The smallest absolute Gasteiger partial charge is 0.338 e. The minimum Gasteiger partial charge on any atom is -0.467 e. The van der Waals surface area contributed by atoms with Crippen LogP contribution in [0.1, 0.15) is 21.5 Å². The van der Waals surface area contributed by atoms with E-state index in [1.54, 1.807) is 23.9 Å². The number of rotatable bonds is 5. The first-order valence-corrected chi connectivity index (χ1v) is 10.0. The highest BCUT2D eigenvalue weighted by Crippen LogP contribution is 2.24. The average molecular weight is 399 g/mol. The highest BCUT2D eigenvalue weighted by molar-refractivity contribution is 7.98. The average Bonchev–Trinajstić information content (AvgIpc) is 2.75. The number of methoxy groups -OCH3 is 1. The Morgan fingerprint density at radius 3 is 2.39 bits per heavy atom. The molecule has 6 nitrogen and oxygen atoms in total. The molecule has 0 saturated heterocycles. The van der Waals surface area contributed by atoms with Crippen molar-refractivity contribution in [1.29, 1.82) is 0 Å². The Labute approximate surface area is 167 Å². The Morgan fingerprint density at radius 2 is 1.75 bits per heavy atom. The SMILES string of the molecule is COC(=O)[C@H]1Cc2ccccc2CN1C(=O)COC(=O)c1ccc(SC)cc1. The lowest BCUT2D eigenvalue weighted by Gasteiger charge is -2.35. The van der Waals surface area contributed by atoms with Gasteiger partial charge in [-0.05, 0) is 41.6 Å². The third-order valence-corrected chi connectivity index (χ3v) is 5.44. The fourth-order valence-corrected chi connectivity index (χ4v) is 3.56. The van der Waals surface area contributed by atoms with Gasteiger partial charge in [-0.1, -0.05) is 24.3 Å². The monoisotopic (exact) mass is 399 g/mol. The van der Waals surface area contributed by atoms with Gasteiger partial charge in [0.1, 0.15) is 6.04 Å². The van der Waals surface area contributed by atoms with Crippen LogP contribution in [-0.4, -0.2) is 48.8 Å². The van der Waals surface area contributed by atoms with Crippen LogP contribution in [0.15, 0.2) is 53.4 Å². The van der Waals surface area contributed by atoms with E-state index < -0.39 is 30.5 Å². The summed E-state index contributed by atoms with van der Waals surface area (Å²) in [5.41, 5.74) is 2.35. The first kappa shape index (κ1) is 19.9. The molecular weight excluding hydrogens is 378 g/mol. The maximum Gasteiger partial charge on any atom is 0.338 e. The number of esters is 2. The predicted molar refractivity (Wildman–Crippen MR) is 105 cm³/mol. The molecule has 0 bridgehead atoms. The summed E-state index contributed by atoms with van der Waals surface area (Å²) >= 11 is 1.57. The van der Waals surface area contributed by atoms with Gasteiger partial charge in [-0.2, -0.15) is 0 Å². The van der Waals surface area contributed by atoms with Crippen molar-refractivity contribution >= 4 is 29.6 Å². The standard InChI is InChI=1S/C21H21NO5S/c1-26-21(25)18-11-15-5-3-4-6-16(15)12-22(18)19(23)13-27-20(24)14-7-9-17(28-2)10-8-14/h3-10,18H,11-13H2,1-2H3/t18-/m1/s1. The van der Waals surface area contributed by atoms with Crippen LogP contribution < -0.4 is 0 Å². The number of hydrogen-bond donors (Lipinski definition) is 0. The molecule has 7 heteroatoms. The molecule has 1 atom stereocenters. The van der Waals surface area contributed by atoms with Crippen molar-refractivity contribution in [1.82, 2.24) is 4.90 Å². The number of nitrogens with zero attached hydrogens (tertiary/aromatic N) is 1. The Morgan fingerprint density at radius 1 is 1.07 bits per heavy atom. The van der Waals surface area contributed by atoms with Crippen molar-refractivity contribution < 1.29 is 23.9 Å². The van der Waals surface area contributed by atoms with E-state index >= 15 is 0 Å². The molecule has 28 heavy (non-hydrogen) atoms. The van der Waals surface area contributed by atoms with Gasteiger partial charge in [0.2, 0.25) is 0 Å². The van der Waals surface area contributed by atoms with Gasteiger partial charge in [0, 0.05) is 17.9 Å². The van der Waals surface area contributed by atoms with E-state index in [4.69, 9.17) is 9.47 Å². The highest BCUT2D eigenvalue weighted by atomic mass is 32.2. The molecule has 1 amide bonds. The lowest BCUT2D eigenvalue weighted by atomic mass is 9.94. The minimum absolute atomic E-state index is 0.273. The summed E-state index contributed by atoms with van der Waals surface area (Å²) < 4.78 is 10.0. The molecule has 0 fully saturated rings. The topological polar surface area (TPSA) is 72.9 Å². The predicted octanol–water partition coefficient (Wildman–Crippen LogP) is 2.69. The molecule has 0 saturated carbocycles. The second-order valence-electron chi connectivity index (χ2n) is 6.34. The molecule has 1 aliphatic heterocycles. The highest BCUT2D eigenvalue weighted by Gasteiger charge is 2.35. The third kappa shape index (κ3) is 4.36. The summed E-state index contributed by atoms with van der Waals surface area (Å²) in [6.45, 7) is -0.159. The number of fused-ring (bicyclic) bond motifs is 1. The van der Waals surface area contributed by atoms with Crippen LogP contribution in [-0.2, 0) is 32.0 Å². The third-order valence-electron chi connectivity index (χ3n) is 4.69. The number of amides is 1. The van der Waals surface area contributed by atoms with Gasteiger partial charge in [-0.3, -0.25) is 4.79 Å². The lowest BCUT2D eigenvalue weighted by Crippen LogP contribution is -2.50. The fourth-order valence-electron chi connectivity index (χ4n) is 3.15. The summed E-state index contributed by atoms with van der Waals surface area (Å²) in [4.78, 5) is 39.6. The molecule has 0 N–H and O–H groups in total. The molecule has 0 aliphatic carbocycles. The zero-order chi connectivity index (χ0) is 20.1. The lowest BCUT2D eigenvalue weighted by molar-refractivity contribution is -0.155. The van der Waals surface area contributed by atoms with E-state index in [2.05, 4.69) is 0 Å². The number of hydrogen-bond acceptors (Lipinski definition) is 6. The summed E-state index contributed by atoms with van der Waals surface area (Å²) in [5.74, 6) is -1.49. The van der Waals surface area contributed by atoms with Gasteiger partial charge < -0.3 is 14.4 Å². The molecule has 0 unspecified atom stereocenters. The molecule has 3 rings (SSSR count). The fraction of sp³-hybridized carbons (Fsp3) is 0.286. The van der Waals surface area contributed by atoms with Crippen molar-refractivity contribution in [3.8, 4) is 0 Å². The summed E-state index contributed by atoms with van der Waals surface area (Å²) in [5, 5.41) is 0. The number of thioether (sulfide) groups is 1. The summed E-state index contributed by atoms with van der Waals surface area (Å²) in [7, 11) is 1.30. The van der Waals surface area contributed by atoms with Gasteiger partial charge in [0.05, 0.1) is 12.7 Å². The van der Waals surface area contributed by atoms with E-state index in [1.165, 1.54) is 12.0 Å². The molecule has 146 valence electrons. The van der Waals surface area contributed by atoms with Gasteiger partial charge in [-0.15, -0.1) is 11.8 Å².